The van der Waals surface area contributed by atoms with Crippen molar-refractivity contribution in [3.8, 4) is 0 Å². The van der Waals surface area contributed by atoms with Gasteiger partial charge in [-0.25, -0.2) is 8.42 Å². The van der Waals surface area contributed by atoms with Crippen molar-refractivity contribution in [2.75, 3.05) is 0 Å². The van der Waals surface area contributed by atoms with Gasteiger partial charge in [0.15, 0.2) is 36.4 Å². The Hall–Kier alpha value is -4.51. The minimum absolute atomic E-state index is 0.0497. The van der Waals surface area contributed by atoms with Gasteiger partial charge in [-0.1, -0.05) is 118 Å². The average molecular weight is 677 g/mol. The van der Waals surface area contributed by atoms with Crippen molar-refractivity contribution in [1.29, 1.82) is 0 Å². The number of hydrogen-bond donors (Lipinski definition) is 0. The van der Waals surface area contributed by atoms with Gasteiger partial charge in [-0.05, 0) is 47.4 Å². The maximum atomic E-state index is 12.1. The van der Waals surface area contributed by atoms with Crippen molar-refractivity contribution in [3.05, 3.63) is 161 Å². The van der Waals surface area contributed by atoms with Gasteiger partial charge in [0.1, 0.15) is 0 Å². The van der Waals surface area contributed by atoms with E-state index in [1.807, 2.05) is 0 Å². The predicted molar refractivity (Wildman–Crippen MR) is 176 cm³/mol. The highest BCUT2D eigenvalue weighted by Gasteiger charge is 2.37. The lowest BCUT2D eigenvalue weighted by Gasteiger charge is -2.19. The summed E-state index contributed by atoms with van der Waals surface area (Å²) in [5.74, 6) is -0.128. The van der Waals surface area contributed by atoms with Crippen LogP contribution in [-0.4, -0.2) is 30.0 Å². The van der Waals surface area contributed by atoms with Crippen molar-refractivity contribution in [1.82, 2.24) is 0 Å². The molecule has 0 fully saturated rings. The topological polar surface area (TPSA) is 91.3 Å². The van der Waals surface area contributed by atoms with Gasteiger partial charge in [0, 0.05) is 22.3 Å². The summed E-state index contributed by atoms with van der Waals surface area (Å²) < 4.78 is 58.9. The molecule has 0 heterocycles. The number of carbonyl (C=O) groups excluding carboxylic acids is 2. The van der Waals surface area contributed by atoms with E-state index in [4.69, 9.17) is 13.0 Å². The number of hydrogen-bond acceptors (Lipinski definition) is 5. The minimum Gasteiger partial charge on any atom is -0.741 e. The Kier molecular flexibility index (Phi) is 10.9. The van der Waals surface area contributed by atoms with Gasteiger partial charge in [-0.2, -0.15) is 13.2 Å². The standard InChI is InChI=1S/C22H23S.C14H8O2.CHF3O3S/c1-22(2,3)18-14-16-21(17-15-18)23(19-10-6-4-7-11-19)20-12-8-5-9-13-20;15-13-9-5-1-2-6-10(9)14(16)12-8-4-3-7-11(12)13;2-1(3,4)8(5,6)7/h4-17H,1-3H3;1-8H;(H,5,6,7)/q+1;;/p-1. The molecule has 0 spiro atoms. The summed E-state index contributed by atoms with van der Waals surface area (Å²) in [4.78, 5) is 28.3. The van der Waals surface area contributed by atoms with E-state index >= 15 is 0 Å². The first-order valence-corrected chi connectivity index (χ1v) is 17.0. The molecule has 0 unspecified atom stereocenters. The molecule has 1 aliphatic carbocycles. The molecule has 0 amide bonds. The van der Waals surface area contributed by atoms with E-state index in [1.54, 1.807) is 48.5 Å². The van der Waals surface area contributed by atoms with Crippen LogP contribution < -0.4 is 0 Å². The number of fused-ring (bicyclic) bond motifs is 2. The lowest BCUT2D eigenvalue weighted by atomic mass is 9.84. The molecule has 5 aromatic rings. The highest BCUT2D eigenvalue weighted by atomic mass is 32.2. The number of ketones is 2. The number of carbonyl (C=O) groups is 2. The summed E-state index contributed by atoms with van der Waals surface area (Å²) in [7, 11) is -6.14. The van der Waals surface area contributed by atoms with E-state index in [1.165, 1.54) is 20.2 Å². The number of rotatable bonds is 3. The fourth-order valence-electron chi connectivity index (χ4n) is 4.66. The van der Waals surface area contributed by atoms with Crippen LogP contribution >= 0.6 is 0 Å². The minimum atomic E-state index is -6.09. The summed E-state index contributed by atoms with van der Waals surface area (Å²) in [6.45, 7) is 6.78. The van der Waals surface area contributed by atoms with Crippen LogP contribution in [0.1, 0.15) is 58.2 Å². The van der Waals surface area contributed by atoms with E-state index < -0.39 is 15.6 Å². The smallest absolute Gasteiger partial charge is 0.485 e. The van der Waals surface area contributed by atoms with E-state index in [0.717, 1.165) is 0 Å². The lowest BCUT2D eigenvalue weighted by molar-refractivity contribution is -0.0517. The highest BCUT2D eigenvalue weighted by molar-refractivity contribution is 7.97. The second-order valence-corrected chi connectivity index (χ2v) is 14.8. The normalized spacial score (nSPS) is 12.6. The first kappa shape index (κ1) is 35.3. The van der Waals surface area contributed by atoms with Gasteiger partial charge in [0.2, 0.25) is 0 Å². The van der Waals surface area contributed by atoms with Gasteiger partial charge in [-0.15, -0.1) is 0 Å². The highest BCUT2D eigenvalue weighted by Crippen LogP contribution is 2.33. The molecule has 0 saturated carbocycles. The quantitative estimate of drug-likeness (QED) is 0.106. The van der Waals surface area contributed by atoms with Crippen LogP contribution in [0, 0.1) is 0 Å². The molecule has 5 aromatic carbocycles. The molecule has 6 rings (SSSR count). The predicted octanol–water partition coefficient (Wildman–Crippen LogP) is 8.59. The summed E-state index contributed by atoms with van der Waals surface area (Å²) >= 11 is 0. The van der Waals surface area contributed by atoms with Crippen molar-refractivity contribution in [2.45, 2.75) is 46.4 Å². The summed E-state index contributed by atoms with van der Waals surface area (Å²) in [6, 6.07) is 44.6. The molecule has 10 heteroatoms. The molecule has 0 atom stereocenters. The molecule has 242 valence electrons. The first-order valence-electron chi connectivity index (χ1n) is 14.3. The molecular formula is C37H31F3O5S2. The molecule has 0 aromatic heterocycles. The maximum absolute atomic E-state index is 12.1. The van der Waals surface area contributed by atoms with Crippen molar-refractivity contribution in [2.24, 2.45) is 0 Å². The SMILES string of the molecule is CC(C)(C)c1ccc([S+](c2ccccc2)c2ccccc2)cc1.O=C1c2ccccc2C(=O)c2ccccc21.O=S(=O)([O-])C(F)(F)F. The fraction of sp³-hybridized carbons (Fsp3) is 0.135. The summed E-state index contributed by atoms with van der Waals surface area (Å²) in [5, 5.41) is 0. The number of benzene rings is 5. The van der Waals surface area contributed by atoms with E-state index in [2.05, 4.69) is 106 Å². The average Bonchev–Trinajstić information content (AvgIpc) is 3.04. The van der Waals surface area contributed by atoms with Gasteiger partial charge in [0.25, 0.3) is 0 Å². The monoisotopic (exact) mass is 676 g/mol. The Morgan fingerprint density at radius 1 is 0.511 bits per heavy atom. The molecule has 0 radical (unpaired) electrons. The third-order valence-electron chi connectivity index (χ3n) is 7.03. The third-order valence-corrected chi connectivity index (χ3v) is 9.83. The molecule has 1 aliphatic rings. The van der Waals surface area contributed by atoms with Gasteiger partial charge < -0.3 is 4.55 Å². The zero-order valence-corrected chi connectivity index (χ0v) is 27.3. The Balaban J connectivity index is 0.000000180. The molecule has 5 nitrogen and oxygen atoms in total. The Morgan fingerprint density at radius 3 is 1.06 bits per heavy atom. The van der Waals surface area contributed by atoms with Crippen LogP contribution in [0.15, 0.2) is 148 Å². The second-order valence-electron chi connectivity index (χ2n) is 11.4. The van der Waals surface area contributed by atoms with Gasteiger partial charge in [-0.3, -0.25) is 9.59 Å². The number of alkyl halides is 3. The lowest BCUT2D eigenvalue weighted by Crippen LogP contribution is -2.21. The number of halogens is 3. The van der Waals surface area contributed by atoms with Crippen molar-refractivity contribution in [3.63, 3.8) is 0 Å². The Bertz CT molecular complexity index is 1810. The van der Waals surface area contributed by atoms with E-state index in [9.17, 15) is 22.8 Å². The Morgan fingerprint density at radius 2 is 0.787 bits per heavy atom. The Labute approximate surface area is 275 Å². The summed E-state index contributed by atoms with van der Waals surface area (Å²) in [6.07, 6.45) is 0. The zero-order valence-electron chi connectivity index (χ0n) is 25.7. The van der Waals surface area contributed by atoms with Crippen LogP contribution in [0.5, 0.6) is 0 Å². The molecule has 0 saturated heterocycles. The molecular weight excluding hydrogens is 646 g/mol. The molecule has 0 bridgehead atoms. The van der Waals surface area contributed by atoms with Crippen LogP contribution in [-0.2, 0) is 26.4 Å². The van der Waals surface area contributed by atoms with Crippen LogP contribution in [0.4, 0.5) is 13.2 Å². The van der Waals surface area contributed by atoms with Crippen LogP contribution in [0.25, 0.3) is 0 Å². The van der Waals surface area contributed by atoms with Crippen molar-refractivity contribution >= 4 is 32.6 Å². The second kappa shape index (κ2) is 14.5. The van der Waals surface area contributed by atoms with Gasteiger partial charge >= 0.3 is 5.51 Å². The maximum Gasteiger partial charge on any atom is 0.485 e. The largest absolute Gasteiger partial charge is 0.741 e. The third kappa shape index (κ3) is 8.65. The van der Waals surface area contributed by atoms with Crippen molar-refractivity contribution < 1.29 is 35.7 Å². The van der Waals surface area contributed by atoms with E-state index in [-0.39, 0.29) is 27.9 Å². The molecule has 0 aliphatic heterocycles. The van der Waals surface area contributed by atoms with E-state index in [0.29, 0.717) is 22.3 Å². The van der Waals surface area contributed by atoms with Gasteiger partial charge in [0.05, 0.1) is 10.9 Å². The van der Waals surface area contributed by atoms with Crippen LogP contribution in [0.2, 0.25) is 0 Å². The molecule has 0 N–H and O–H groups in total. The zero-order chi connectivity index (χ0) is 34.4. The van der Waals surface area contributed by atoms with Crippen LogP contribution in [0.3, 0.4) is 0 Å². The fourth-order valence-corrected chi connectivity index (χ4v) is 6.74. The molecule has 47 heavy (non-hydrogen) atoms. The summed E-state index contributed by atoms with van der Waals surface area (Å²) in [5.41, 5.74) is -2.05. The first-order chi connectivity index (χ1) is 22.1.